The highest BCUT2D eigenvalue weighted by Crippen LogP contribution is 2.23. The van der Waals surface area contributed by atoms with Gasteiger partial charge in [0.15, 0.2) is 0 Å². The van der Waals surface area contributed by atoms with Crippen molar-refractivity contribution in [3.05, 3.63) is 18.2 Å². The van der Waals surface area contributed by atoms with Gasteiger partial charge in [0, 0.05) is 38.2 Å². The fraction of sp³-hybridized carbons (Fsp3) is 0.636. The van der Waals surface area contributed by atoms with E-state index in [2.05, 4.69) is 4.98 Å². The Hall–Kier alpha value is -1.12. The molecule has 2 rings (SSSR count). The van der Waals surface area contributed by atoms with Crippen LogP contribution in [0.5, 0.6) is 0 Å². The molecule has 1 saturated carbocycles. The van der Waals surface area contributed by atoms with Gasteiger partial charge in [-0.2, -0.15) is 0 Å². The van der Waals surface area contributed by atoms with Crippen molar-refractivity contribution in [1.82, 2.24) is 9.55 Å². The number of aryl methyl sites for hydroxylation is 1. The van der Waals surface area contributed by atoms with E-state index < -0.39 is 0 Å². The van der Waals surface area contributed by atoms with Crippen molar-refractivity contribution >= 4 is 5.78 Å². The van der Waals surface area contributed by atoms with Gasteiger partial charge in [0.2, 0.25) is 0 Å². The van der Waals surface area contributed by atoms with Crippen molar-refractivity contribution < 1.29 is 4.79 Å². The molecule has 1 aliphatic carbocycles. The number of hydrogen-bond donors (Lipinski definition) is 0. The molecule has 0 aromatic carbocycles. The van der Waals surface area contributed by atoms with Gasteiger partial charge in [0.1, 0.15) is 11.6 Å². The Morgan fingerprint density at radius 3 is 3.07 bits per heavy atom. The number of aromatic nitrogens is 2. The molecule has 1 unspecified atom stereocenters. The van der Waals surface area contributed by atoms with Gasteiger partial charge in [-0.1, -0.05) is 6.42 Å². The highest BCUT2D eigenvalue weighted by Gasteiger charge is 2.23. The molecule has 3 nitrogen and oxygen atoms in total. The Balaban J connectivity index is 2.03. The third-order valence-electron chi connectivity index (χ3n) is 3.03. The van der Waals surface area contributed by atoms with Gasteiger partial charge >= 0.3 is 0 Å². The zero-order valence-corrected chi connectivity index (χ0v) is 8.57. The van der Waals surface area contributed by atoms with Gasteiger partial charge in [-0.05, 0) is 12.8 Å². The molecule has 0 aliphatic heterocycles. The molecule has 0 saturated heterocycles. The topological polar surface area (TPSA) is 34.9 Å². The van der Waals surface area contributed by atoms with E-state index in [1.54, 1.807) is 6.20 Å². The van der Waals surface area contributed by atoms with Crippen LogP contribution in [-0.2, 0) is 18.3 Å². The maximum atomic E-state index is 11.6. The van der Waals surface area contributed by atoms with Crippen LogP contribution in [0.1, 0.15) is 31.5 Å². The highest BCUT2D eigenvalue weighted by atomic mass is 16.1. The minimum absolute atomic E-state index is 0.227. The molecule has 1 atom stereocenters. The molecule has 1 fully saturated rings. The number of carbonyl (C=O) groups is 1. The molecule has 0 spiro atoms. The first-order valence-electron chi connectivity index (χ1n) is 5.26. The summed E-state index contributed by atoms with van der Waals surface area (Å²) in [6.07, 6.45) is 8.64. The number of rotatable bonds is 2. The summed E-state index contributed by atoms with van der Waals surface area (Å²) in [6.45, 7) is 0. The van der Waals surface area contributed by atoms with Crippen molar-refractivity contribution in [2.45, 2.75) is 32.1 Å². The highest BCUT2D eigenvalue weighted by molar-refractivity contribution is 5.81. The fourth-order valence-electron chi connectivity index (χ4n) is 2.08. The largest absolute Gasteiger partial charge is 0.338 e. The van der Waals surface area contributed by atoms with Gasteiger partial charge in [-0.3, -0.25) is 4.79 Å². The lowest BCUT2D eigenvalue weighted by Gasteiger charge is -2.19. The quantitative estimate of drug-likeness (QED) is 0.715. The van der Waals surface area contributed by atoms with Crippen LogP contribution in [-0.4, -0.2) is 15.3 Å². The van der Waals surface area contributed by atoms with Gasteiger partial charge < -0.3 is 4.57 Å². The van der Waals surface area contributed by atoms with E-state index >= 15 is 0 Å². The van der Waals surface area contributed by atoms with E-state index in [-0.39, 0.29) is 5.92 Å². The van der Waals surface area contributed by atoms with E-state index in [1.807, 2.05) is 17.8 Å². The molecule has 0 bridgehead atoms. The van der Waals surface area contributed by atoms with Crippen molar-refractivity contribution in [3.8, 4) is 0 Å². The summed E-state index contributed by atoms with van der Waals surface area (Å²) in [5.74, 6) is 1.69. The predicted octanol–water partition coefficient (Wildman–Crippen LogP) is 1.72. The molecule has 1 heterocycles. The first kappa shape index (κ1) is 9.44. The SMILES string of the molecule is Cn1ccnc1CC1CCCCC1=O. The Kier molecular flexibility index (Phi) is 2.66. The normalized spacial score (nSPS) is 22.6. The average Bonchev–Trinajstić information content (AvgIpc) is 2.56. The molecule has 0 radical (unpaired) electrons. The number of carbonyl (C=O) groups excluding carboxylic acids is 1. The molecule has 3 heteroatoms. The van der Waals surface area contributed by atoms with Gasteiger partial charge in [0.25, 0.3) is 0 Å². The van der Waals surface area contributed by atoms with Crippen molar-refractivity contribution in [2.24, 2.45) is 13.0 Å². The Morgan fingerprint density at radius 2 is 2.43 bits per heavy atom. The van der Waals surface area contributed by atoms with Crippen LogP contribution in [0.3, 0.4) is 0 Å². The molecular weight excluding hydrogens is 176 g/mol. The number of ketones is 1. The van der Waals surface area contributed by atoms with Crippen LogP contribution in [0, 0.1) is 5.92 Å². The Morgan fingerprint density at radius 1 is 1.57 bits per heavy atom. The zero-order valence-electron chi connectivity index (χ0n) is 8.57. The maximum Gasteiger partial charge on any atom is 0.136 e. The molecule has 0 amide bonds. The van der Waals surface area contributed by atoms with Crippen LogP contribution in [0.25, 0.3) is 0 Å². The Labute approximate surface area is 84.1 Å². The minimum atomic E-state index is 0.227. The smallest absolute Gasteiger partial charge is 0.136 e. The summed E-state index contributed by atoms with van der Waals surface area (Å²) in [7, 11) is 1.98. The second kappa shape index (κ2) is 3.95. The van der Waals surface area contributed by atoms with E-state index in [9.17, 15) is 4.79 Å². The van der Waals surface area contributed by atoms with Crippen LogP contribution < -0.4 is 0 Å². The minimum Gasteiger partial charge on any atom is -0.338 e. The van der Waals surface area contributed by atoms with Crippen molar-refractivity contribution in [3.63, 3.8) is 0 Å². The lowest BCUT2D eigenvalue weighted by Crippen LogP contribution is -2.22. The Bertz CT molecular complexity index is 330. The standard InChI is InChI=1S/C11H16N2O/c1-13-7-6-12-11(13)8-9-4-2-3-5-10(9)14/h6-7,9H,2-5,8H2,1H3. The summed E-state index contributed by atoms with van der Waals surface area (Å²) in [5, 5.41) is 0. The predicted molar refractivity (Wildman–Crippen MR) is 53.9 cm³/mol. The van der Waals surface area contributed by atoms with Gasteiger partial charge in [0.05, 0.1) is 0 Å². The molecule has 76 valence electrons. The lowest BCUT2D eigenvalue weighted by atomic mass is 9.85. The number of imidazole rings is 1. The summed E-state index contributed by atoms with van der Waals surface area (Å²) < 4.78 is 2.00. The molecule has 0 N–H and O–H groups in total. The summed E-state index contributed by atoms with van der Waals surface area (Å²) in [5.41, 5.74) is 0. The maximum absolute atomic E-state index is 11.6. The third kappa shape index (κ3) is 1.86. The van der Waals surface area contributed by atoms with Crippen molar-refractivity contribution in [2.75, 3.05) is 0 Å². The summed E-state index contributed by atoms with van der Waals surface area (Å²) in [4.78, 5) is 15.8. The summed E-state index contributed by atoms with van der Waals surface area (Å²) in [6, 6.07) is 0. The molecule has 1 aliphatic rings. The van der Waals surface area contributed by atoms with E-state index in [0.717, 1.165) is 31.5 Å². The first-order valence-corrected chi connectivity index (χ1v) is 5.26. The molecular formula is C11H16N2O. The first-order chi connectivity index (χ1) is 6.77. The van der Waals surface area contributed by atoms with Crippen LogP contribution in [0.15, 0.2) is 12.4 Å². The number of Topliss-reactive ketones (excluding diaryl/α,β-unsaturated/α-hetero) is 1. The lowest BCUT2D eigenvalue weighted by molar-refractivity contribution is -0.124. The zero-order chi connectivity index (χ0) is 9.97. The van der Waals surface area contributed by atoms with Crippen LogP contribution >= 0.6 is 0 Å². The average molecular weight is 192 g/mol. The molecule has 1 aromatic heterocycles. The molecule has 14 heavy (non-hydrogen) atoms. The van der Waals surface area contributed by atoms with E-state index in [4.69, 9.17) is 0 Å². The van der Waals surface area contributed by atoms with Crippen molar-refractivity contribution in [1.29, 1.82) is 0 Å². The second-order valence-electron chi connectivity index (χ2n) is 4.07. The van der Waals surface area contributed by atoms with E-state index in [0.29, 0.717) is 5.78 Å². The van der Waals surface area contributed by atoms with E-state index in [1.165, 1.54) is 6.42 Å². The third-order valence-corrected chi connectivity index (χ3v) is 3.03. The second-order valence-corrected chi connectivity index (χ2v) is 4.07. The number of hydrogen-bond acceptors (Lipinski definition) is 2. The van der Waals surface area contributed by atoms with Gasteiger partial charge in [-0.15, -0.1) is 0 Å². The van der Waals surface area contributed by atoms with Crippen LogP contribution in [0.4, 0.5) is 0 Å². The fourth-order valence-corrected chi connectivity index (χ4v) is 2.08. The monoisotopic (exact) mass is 192 g/mol. The van der Waals surface area contributed by atoms with Crippen LogP contribution in [0.2, 0.25) is 0 Å². The van der Waals surface area contributed by atoms with Gasteiger partial charge in [-0.25, -0.2) is 4.98 Å². The summed E-state index contributed by atoms with van der Waals surface area (Å²) >= 11 is 0. The molecule has 1 aromatic rings. The number of nitrogens with zero attached hydrogens (tertiary/aromatic N) is 2.